The molecule has 164 valence electrons. The summed E-state index contributed by atoms with van der Waals surface area (Å²) in [7, 11) is 1.63. The lowest BCUT2D eigenvalue weighted by Crippen LogP contribution is -2.26. The molecule has 6 nitrogen and oxygen atoms in total. The van der Waals surface area contributed by atoms with Gasteiger partial charge in [-0.1, -0.05) is 48.5 Å². The van der Waals surface area contributed by atoms with Crippen LogP contribution in [0.1, 0.15) is 31.7 Å². The van der Waals surface area contributed by atoms with Gasteiger partial charge in [0, 0.05) is 19.7 Å². The highest BCUT2D eigenvalue weighted by molar-refractivity contribution is 5.95. The van der Waals surface area contributed by atoms with Gasteiger partial charge in [-0.3, -0.25) is 4.79 Å². The van der Waals surface area contributed by atoms with Gasteiger partial charge in [-0.15, -0.1) is 10.2 Å². The van der Waals surface area contributed by atoms with Crippen LogP contribution in [0.15, 0.2) is 91.0 Å². The second-order valence-corrected chi connectivity index (χ2v) is 7.35. The first-order chi connectivity index (χ1) is 15.6. The second kappa shape index (κ2) is 9.75. The van der Waals surface area contributed by atoms with E-state index in [-0.39, 0.29) is 14.8 Å². The number of hydrogen-bond donors (Lipinski definition) is 2. The van der Waals surface area contributed by atoms with Crippen LogP contribution in [0.2, 0.25) is 0 Å². The molecule has 4 aromatic rings. The van der Waals surface area contributed by atoms with E-state index in [0.29, 0.717) is 11.4 Å². The third-order valence-corrected chi connectivity index (χ3v) is 5.07. The van der Waals surface area contributed by atoms with E-state index in [1.807, 2.05) is 85.8 Å². The van der Waals surface area contributed by atoms with Gasteiger partial charge >= 0.3 is 0 Å². The van der Waals surface area contributed by atoms with Crippen LogP contribution >= 0.6 is 0 Å². The summed E-state index contributed by atoms with van der Waals surface area (Å²) in [5.41, 5.74) is 4.10. The third-order valence-electron chi connectivity index (χ3n) is 5.07. The van der Waals surface area contributed by atoms with E-state index in [1.165, 1.54) is 0 Å². The van der Waals surface area contributed by atoms with Crippen molar-refractivity contribution in [1.82, 2.24) is 15.5 Å². The highest BCUT2D eigenvalue weighted by Gasteiger charge is 2.13. The van der Waals surface area contributed by atoms with E-state index in [1.54, 1.807) is 19.2 Å². The molecule has 1 heterocycles. The van der Waals surface area contributed by atoms with Gasteiger partial charge in [0.15, 0.2) is 5.82 Å². The predicted molar refractivity (Wildman–Crippen MR) is 130 cm³/mol. The molecule has 6 heteroatoms. The van der Waals surface area contributed by atoms with E-state index < -0.39 is 0 Å². The maximum absolute atomic E-state index is 12.8. The molecule has 0 aliphatic rings. The van der Waals surface area contributed by atoms with Gasteiger partial charge < -0.3 is 15.4 Å². The zero-order valence-electron chi connectivity index (χ0n) is 17.9. The van der Waals surface area contributed by atoms with Gasteiger partial charge in [0.2, 0.25) is 0 Å². The Hall–Kier alpha value is -4.19. The average molecular weight is 429 g/mol. The molecule has 0 saturated carbocycles. The molecule has 0 saturated heterocycles. The Morgan fingerprint density at radius 3 is 2.47 bits per heavy atom. The summed E-state index contributed by atoms with van der Waals surface area (Å²) in [5.74, 6) is 1.20. The SMILES string of the molecule is COc1cccc(C(C)NC(=O)c2cccc(Nc3ccc(-c4ccccc4)nn3)c2)c1.[HH].[HH]. The number of ether oxygens (including phenoxy) is 1. The van der Waals surface area contributed by atoms with Crippen LogP contribution in [-0.4, -0.2) is 23.2 Å². The second-order valence-electron chi connectivity index (χ2n) is 7.35. The molecule has 0 bridgehead atoms. The normalized spacial score (nSPS) is 11.4. The minimum absolute atomic E-state index is 0. The Bertz CT molecular complexity index is 1200. The van der Waals surface area contributed by atoms with Crippen LogP contribution in [0, 0.1) is 0 Å². The number of carbonyl (C=O) groups is 1. The van der Waals surface area contributed by atoms with Crippen LogP contribution in [0.3, 0.4) is 0 Å². The van der Waals surface area contributed by atoms with Gasteiger partial charge in [-0.05, 0) is 55.0 Å². The summed E-state index contributed by atoms with van der Waals surface area (Å²) >= 11 is 0. The van der Waals surface area contributed by atoms with Crippen LogP contribution < -0.4 is 15.4 Å². The maximum Gasteiger partial charge on any atom is 0.251 e. The summed E-state index contributed by atoms with van der Waals surface area (Å²) in [6.45, 7) is 1.94. The van der Waals surface area contributed by atoms with Gasteiger partial charge in [0.05, 0.1) is 18.8 Å². The lowest BCUT2D eigenvalue weighted by molar-refractivity contribution is 0.0940. The smallest absolute Gasteiger partial charge is 0.251 e. The number of amides is 1. The Morgan fingerprint density at radius 2 is 1.72 bits per heavy atom. The lowest BCUT2D eigenvalue weighted by Gasteiger charge is -2.16. The van der Waals surface area contributed by atoms with E-state index in [4.69, 9.17) is 4.74 Å². The minimum atomic E-state index is -0.161. The number of rotatable bonds is 7. The van der Waals surface area contributed by atoms with E-state index in [0.717, 1.165) is 28.3 Å². The highest BCUT2D eigenvalue weighted by atomic mass is 16.5. The fraction of sp³-hybridized carbons (Fsp3) is 0.115. The van der Waals surface area contributed by atoms with Crippen molar-refractivity contribution < 1.29 is 12.4 Å². The molecule has 0 aliphatic carbocycles. The molecule has 1 unspecified atom stereocenters. The predicted octanol–water partition coefficient (Wildman–Crippen LogP) is 5.88. The number of anilines is 2. The number of aromatic nitrogens is 2. The van der Waals surface area contributed by atoms with Crippen LogP contribution in [0.4, 0.5) is 11.5 Å². The van der Waals surface area contributed by atoms with Crippen molar-refractivity contribution in [1.29, 1.82) is 0 Å². The Labute approximate surface area is 190 Å². The Morgan fingerprint density at radius 1 is 0.906 bits per heavy atom. The van der Waals surface area contributed by atoms with Crippen molar-refractivity contribution >= 4 is 17.4 Å². The average Bonchev–Trinajstić information content (AvgIpc) is 2.85. The van der Waals surface area contributed by atoms with Crippen molar-refractivity contribution in [2.24, 2.45) is 0 Å². The third kappa shape index (κ3) is 5.10. The number of methoxy groups -OCH3 is 1. The van der Waals surface area contributed by atoms with Crippen molar-refractivity contribution in [3.63, 3.8) is 0 Å². The first-order valence-electron chi connectivity index (χ1n) is 10.3. The molecule has 0 fully saturated rings. The first kappa shape index (κ1) is 21.1. The molecule has 0 spiro atoms. The van der Waals surface area contributed by atoms with E-state index >= 15 is 0 Å². The van der Waals surface area contributed by atoms with Crippen molar-refractivity contribution in [3.05, 3.63) is 102 Å². The zero-order valence-corrected chi connectivity index (χ0v) is 17.9. The topological polar surface area (TPSA) is 76.1 Å². The maximum atomic E-state index is 12.8. The van der Waals surface area contributed by atoms with Crippen molar-refractivity contribution in [3.8, 4) is 17.0 Å². The molecule has 2 N–H and O–H groups in total. The molecular weight excluding hydrogens is 400 g/mol. The quantitative estimate of drug-likeness (QED) is 0.384. The first-order valence-corrected chi connectivity index (χ1v) is 10.3. The van der Waals surface area contributed by atoms with Crippen LogP contribution in [0.25, 0.3) is 11.3 Å². The highest BCUT2D eigenvalue weighted by Crippen LogP contribution is 2.21. The number of nitrogens with one attached hydrogen (secondary N) is 2. The van der Waals surface area contributed by atoms with Gasteiger partial charge in [0.25, 0.3) is 5.91 Å². The summed E-state index contributed by atoms with van der Waals surface area (Å²) in [6, 6.07) is 28.5. The monoisotopic (exact) mass is 428 g/mol. The molecule has 0 aliphatic heterocycles. The van der Waals surface area contributed by atoms with Crippen molar-refractivity contribution in [2.45, 2.75) is 13.0 Å². The molecule has 1 amide bonds. The fourth-order valence-corrected chi connectivity index (χ4v) is 3.32. The molecule has 4 rings (SSSR count). The largest absolute Gasteiger partial charge is 0.497 e. The standard InChI is InChI=1S/C26H24N4O2.2H2/c1-18(20-10-7-13-23(17-20)32-2)27-26(31)21-11-6-12-22(16-21)28-25-15-14-24(29-30-25)19-8-4-3-5-9-19;;/h3-18H,1-2H3,(H,27,31)(H,28,30);2*1H. The van der Waals surface area contributed by atoms with Crippen molar-refractivity contribution in [2.75, 3.05) is 12.4 Å². The molecule has 1 aromatic heterocycles. The van der Waals surface area contributed by atoms with E-state index in [2.05, 4.69) is 20.8 Å². The van der Waals surface area contributed by atoms with Gasteiger partial charge in [-0.2, -0.15) is 0 Å². The number of hydrogen-bond acceptors (Lipinski definition) is 5. The molecule has 32 heavy (non-hydrogen) atoms. The molecular formula is C26H28N4O2. The Balaban J connectivity index is 0.00000204. The minimum Gasteiger partial charge on any atom is -0.497 e. The van der Waals surface area contributed by atoms with Gasteiger partial charge in [-0.25, -0.2) is 0 Å². The number of benzene rings is 3. The lowest BCUT2D eigenvalue weighted by atomic mass is 10.1. The molecule has 3 aromatic carbocycles. The summed E-state index contributed by atoms with van der Waals surface area (Å²) < 4.78 is 5.27. The van der Waals surface area contributed by atoms with Crippen LogP contribution in [0.5, 0.6) is 5.75 Å². The van der Waals surface area contributed by atoms with Gasteiger partial charge in [0.1, 0.15) is 5.75 Å². The number of carbonyl (C=O) groups excluding carboxylic acids is 1. The zero-order chi connectivity index (χ0) is 22.3. The van der Waals surface area contributed by atoms with Crippen LogP contribution in [-0.2, 0) is 0 Å². The summed E-state index contributed by atoms with van der Waals surface area (Å²) in [5, 5.41) is 14.8. The molecule has 0 radical (unpaired) electrons. The number of nitrogens with zero attached hydrogens (tertiary/aromatic N) is 2. The Kier molecular flexibility index (Phi) is 6.41. The summed E-state index contributed by atoms with van der Waals surface area (Å²) in [6.07, 6.45) is 0. The fourth-order valence-electron chi connectivity index (χ4n) is 3.32. The summed E-state index contributed by atoms with van der Waals surface area (Å²) in [4.78, 5) is 12.8. The molecule has 1 atom stereocenters. The van der Waals surface area contributed by atoms with E-state index in [9.17, 15) is 4.79 Å².